The van der Waals surface area contributed by atoms with Crippen LogP contribution in [0.4, 0.5) is 9.18 Å². The first kappa shape index (κ1) is 26.4. The smallest absolute Gasteiger partial charge is 0.410 e. The number of halogens is 1. The predicted molar refractivity (Wildman–Crippen MR) is 145 cm³/mol. The van der Waals surface area contributed by atoms with E-state index in [1.807, 2.05) is 43.6 Å². The van der Waals surface area contributed by atoms with Crippen LogP contribution in [0.5, 0.6) is 11.5 Å². The monoisotopic (exact) mass is 533 g/mol. The minimum absolute atomic E-state index is 0.111. The zero-order valence-electron chi connectivity index (χ0n) is 22.7. The molecule has 39 heavy (non-hydrogen) atoms. The van der Waals surface area contributed by atoms with Gasteiger partial charge >= 0.3 is 6.09 Å². The zero-order chi connectivity index (χ0) is 27.7. The number of carbonyl (C=O) groups is 1. The zero-order valence-corrected chi connectivity index (χ0v) is 22.7. The first-order chi connectivity index (χ1) is 18.6. The van der Waals surface area contributed by atoms with Crippen LogP contribution in [0.3, 0.4) is 0 Å². The number of fused-ring (bicyclic) bond motifs is 1. The lowest BCUT2D eigenvalue weighted by atomic mass is 10.0. The summed E-state index contributed by atoms with van der Waals surface area (Å²) in [5.74, 6) is 0.813. The minimum atomic E-state index is -1.40. The molecule has 2 aromatic heterocycles. The molecular formula is C29H32FN5O4. The molecule has 1 amide bonds. The highest BCUT2D eigenvalue weighted by Crippen LogP contribution is 2.39. The molecule has 0 aliphatic carbocycles. The Balaban J connectivity index is 1.46. The van der Waals surface area contributed by atoms with Gasteiger partial charge in [-0.2, -0.15) is 5.10 Å². The van der Waals surface area contributed by atoms with Crippen LogP contribution in [0.25, 0.3) is 33.4 Å². The van der Waals surface area contributed by atoms with Crippen LogP contribution >= 0.6 is 0 Å². The van der Waals surface area contributed by atoms with E-state index in [0.29, 0.717) is 35.7 Å². The summed E-state index contributed by atoms with van der Waals surface area (Å²) in [4.78, 5) is 22.9. The number of nitrogens with zero attached hydrogens (tertiary/aromatic N) is 5. The standard InChI is InChI=1S/C29H32FN5O4/c1-29(2,3)39-28(36)35-12-11-23(21(30)16-35)38-25-13-19-22(14-24(25)37-5)31-17-32-27(19)20-15-34(4)33-26(20)18-9-7-6-8-10-18/h6-10,13-15,17,21,23H,11-12,16H2,1-5H3/t21-,23-/m1/s1. The maximum atomic E-state index is 15.3. The second-order valence-electron chi connectivity index (χ2n) is 10.6. The lowest BCUT2D eigenvalue weighted by molar-refractivity contribution is -0.0109. The van der Waals surface area contributed by atoms with Gasteiger partial charge in [-0.05, 0) is 26.8 Å². The van der Waals surface area contributed by atoms with Crippen molar-refractivity contribution in [3.8, 4) is 34.0 Å². The number of alkyl halides is 1. The molecule has 0 N–H and O–H groups in total. The van der Waals surface area contributed by atoms with Gasteiger partial charge in [-0.1, -0.05) is 30.3 Å². The SMILES string of the molecule is COc1cc2ncnc(-c3cn(C)nc3-c3ccccc3)c2cc1O[C@@H]1CCN(C(=O)OC(C)(C)C)C[C@H]1F. The molecule has 10 heteroatoms. The third-order valence-corrected chi connectivity index (χ3v) is 6.46. The van der Waals surface area contributed by atoms with Gasteiger partial charge < -0.3 is 19.1 Å². The number of benzene rings is 2. The molecule has 2 aromatic carbocycles. The number of hydrogen-bond donors (Lipinski definition) is 0. The Bertz CT molecular complexity index is 1480. The molecule has 1 saturated heterocycles. The molecule has 0 saturated carbocycles. The Morgan fingerprint density at radius 1 is 1.08 bits per heavy atom. The number of aryl methyl sites for hydroxylation is 1. The van der Waals surface area contributed by atoms with Gasteiger partial charge in [-0.15, -0.1) is 0 Å². The van der Waals surface area contributed by atoms with Gasteiger partial charge in [-0.3, -0.25) is 4.68 Å². The second kappa shape index (κ2) is 10.5. The minimum Gasteiger partial charge on any atom is -0.493 e. The van der Waals surface area contributed by atoms with Gasteiger partial charge in [0.1, 0.15) is 23.7 Å². The van der Waals surface area contributed by atoms with Crippen LogP contribution in [0.1, 0.15) is 27.2 Å². The van der Waals surface area contributed by atoms with Crippen LogP contribution in [-0.2, 0) is 11.8 Å². The molecule has 9 nitrogen and oxygen atoms in total. The van der Waals surface area contributed by atoms with E-state index >= 15 is 4.39 Å². The van der Waals surface area contributed by atoms with Crippen molar-refractivity contribution in [2.75, 3.05) is 20.2 Å². The summed E-state index contributed by atoms with van der Waals surface area (Å²) in [6.07, 6.45) is 1.03. The molecule has 3 heterocycles. The normalized spacial score (nSPS) is 17.7. The summed E-state index contributed by atoms with van der Waals surface area (Å²) >= 11 is 0. The topological polar surface area (TPSA) is 91.6 Å². The average molecular weight is 534 g/mol. The number of carbonyl (C=O) groups excluding carboxylic acids is 1. The van der Waals surface area contributed by atoms with Crippen LogP contribution in [0, 0.1) is 0 Å². The van der Waals surface area contributed by atoms with Gasteiger partial charge in [0.25, 0.3) is 0 Å². The third-order valence-electron chi connectivity index (χ3n) is 6.46. The van der Waals surface area contributed by atoms with Crippen LogP contribution < -0.4 is 9.47 Å². The summed E-state index contributed by atoms with van der Waals surface area (Å²) in [7, 11) is 3.39. The number of rotatable bonds is 5. The van der Waals surface area contributed by atoms with E-state index in [9.17, 15) is 4.79 Å². The lowest BCUT2D eigenvalue weighted by Gasteiger charge is -2.35. The van der Waals surface area contributed by atoms with Gasteiger partial charge in [0, 0.05) is 48.8 Å². The van der Waals surface area contributed by atoms with E-state index in [-0.39, 0.29) is 6.54 Å². The van der Waals surface area contributed by atoms with Crippen molar-refractivity contribution in [1.82, 2.24) is 24.6 Å². The highest BCUT2D eigenvalue weighted by molar-refractivity contribution is 5.97. The Kier molecular flexibility index (Phi) is 7.12. The fourth-order valence-electron chi connectivity index (χ4n) is 4.67. The van der Waals surface area contributed by atoms with Crippen LogP contribution in [0.2, 0.25) is 0 Å². The summed E-state index contributed by atoms with van der Waals surface area (Å²) < 4.78 is 34.2. The van der Waals surface area contributed by atoms with E-state index in [0.717, 1.165) is 22.2 Å². The number of hydrogen-bond acceptors (Lipinski definition) is 7. The van der Waals surface area contributed by atoms with Gasteiger partial charge in [0.15, 0.2) is 17.7 Å². The van der Waals surface area contributed by atoms with Crippen molar-refractivity contribution >= 4 is 17.0 Å². The highest BCUT2D eigenvalue weighted by Gasteiger charge is 2.35. The van der Waals surface area contributed by atoms with Crippen molar-refractivity contribution in [2.45, 2.75) is 45.1 Å². The number of aromatic nitrogens is 4. The van der Waals surface area contributed by atoms with Crippen LogP contribution in [0.15, 0.2) is 55.0 Å². The Labute approximate surface area is 226 Å². The number of ether oxygens (including phenoxy) is 3. The van der Waals surface area contributed by atoms with E-state index < -0.39 is 24.0 Å². The van der Waals surface area contributed by atoms with Gasteiger partial charge in [0.05, 0.1) is 24.9 Å². The molecule has 1 aliphatic rings. The quantitative estimate of drug-likeness (QED) is 0.338. The van der Waals surface area contributed by atoms with E-state index in [4.69, 9.17) is 14.2 Å². The van der Waals surface area contributed by atoms with E-state index in [1.54, 1.807) is 37.6 Å². The first-order valence-electron chi connectivity index (χ1n) is 12.8. The van der Waals surface area contributed by atoms with Crippen molar-refractivity contribution in [3.05, 3.63) is 55.0 Å². The summed E-state index contributed by atoms with van der Waals surface area (Å²) in [6.45, 7) is 5.56. The molecule has 4 aromatic rings. The summed E-state index contributed by atoms with van der Waals surface area (Å²) in [5, 5.41) is 5.40. The molecule has 0 spiro atoms. The Hall–Kier alpha value is -4.21. The molecule has 1 aliphatic heterocycles. The highest BCUT2D eigenvalue weighted by atomic mass is 19.1. The molecule has 0 unspecified atom stereocenters. The predicted octanol–water partition coefficient (Wildman–Crippen LogP) is 5.43. The lowest BCUT2D eigenvalue weighted by Crippen LogP contribution is -2.50. The van der Waals surface area contributed by atoms with Gasteiger partial charge in [-0.25, -0.2) is 19.2 Å². The number of likely N-dealkylation sites (tertiary alicyclic amines) is 1. The molecule has 0 bridgehead atoms. The first-order valence-corrected chi connectivity index (χ1v) is 12.8. The maximum absolute atomic E-state index is 15.3. The summed E-state index contributed by atoms with van der Waals surface area (Å²) in [6, 6.07) is 13.4. The number of methoxy groups -OCH3 is 1. The molecule has 204 valence electrons. The molecule has 0 radical (unpaired) electrons. The number of piperidine rings is 1. The Morgan fingerprint density at radius 3 is 2.54 bits per heavy atom. The van der Waals surface area contributed by atoms with Crippen molar-refractivity contribution in [2.24, 2.45) is 7.05 Å². The van der Waals surface area contributed by atoms with E-state index in [1.165, 1.54) is 18.3 Å². The summed E-state index contributed by atoms with van der Waals surface area (Å²) in [5.41, 5.74) is 3.26. The molecule has 1 fully saturated rings. The average Bonchev–Trinajstić information content (AvgIpc) is 3.30. The number of amides is 1. The van der Waals surface area contributed by atoms with Gasteiger partial charge in [0.2, 0.25) is 0 Å². The third kappa shape index (κ3) is 5.64. The molecule has 2 atom stereocenters. The maximum Gasteiger partial charge on any atom is 0.410 e. The Morgan fingerprint density at radius 2 is 1.85 bits per heavy atom. The van der Waals surface area contributed by atoms with Crippen molar-refractivity contribution in [1.29, 1.82) is 0 Å². The van der Waals surface area contributed by atoms with Crippen LogP contribution in [-0.4, -0.2) is 68.8 Å². The second-order valence-corrected chi connectivity index (χ2v) is 10.6. The van der Waals surface area contributed by atoms with E-state index in [2.05, 4.69) is 15.1 Å². The van der Waals surface area contributed by atoms with Crippen molar-refractivity contribution < 1.29 is 23.4 Å². The fourth-order valence-corrected chi connectivity index (χ4v) is 4.67. The molecule has 5 rings (SSSR count). The fraction of sp³-hybridized carbons (Fsp3) is 0.379. The largest absolute Gasteiger partial charge is 0.493 e. The van der Waals surface area contributed by atoms with Crippen molar-refractivity contribution in [3.63, 3.8) is 0 Å². The molecular weight excluding hydrogens is 501 g/mol.